The van der Waals surface area contributed by atoms with Crippen LogP contribution in [0.5, 0.6) is 5.88 Å². The Hall–Kier alpha value is -1.80. The van der Waals surface area contributed by atoms with Gasteiger partial charge in [0, 0.05) is 26.3 Å². The minimum absolute atomic E-state index is 0.104. The van der Waals surface area contributed by atoms with E-state index in [4.69, 9.17) is 10.00 Å². The molecular weight excluding hydrogens is 196 g/mol. The smallest absolute Gasteiger partial charge is 0.253 e. The van der Waals surface area contributed by atoms with E-state index < -0.39 is 0 Å². The Labute approximate surface area is 87.1 Å². The highest BCUT2D eigenvalue weighted by Gasteiger charge is 2.07. The molecule has 0 spiro atoms. The van der Waals surface area contributed by atoms with Gasteiger partial charge in [-0.15, -0.1) is 0 Å². The topological polar surface area (TPSA) is 75.2 Å². The molecule has 1 aromatic rings. The van der Waals surface area contributed by atoms with Crippen molar-refractivity contribution in [3.63, 3.8) is 0 Å². The van der Waals surface area contributed by atoms with Crippen LogP contribution < -0.4 is 5.56 Å². The fraction of sp³-hybridized carbons (Fsp3) is 0.400. The second-order valence-corrected chi connectivity index (χ2v) is 3.02. The summed E-state index contributed by atoms with van der Waals surface area (Å²) in [5.74, 6) is -0.277. The first kappa shape index (κ1) is 11.3. The molecule has 5 nitrogen and oxygen atoms in total. The average Bonchev–Trinajstić information content (AvgIpc) is 2.23. The minimum atomic E-state index is -0.317. The van der Waals surface area contributed by atoms with Gasteiger partial charge >= 0.3 is 0 Å². The van der Waals surface area contributed by atoms with Crippen molar-refractivity contribution in [2.75, 3.05) is 13.7 Å². The Morgan fingerprint density at radius 3 is 2.93 bits per heavy atom. The zero-order chi connectivity index (χ0) is 11.3. The summed E-state index contributed by atoms with van der Waals surface area (Å²) in [6.45, 7) is 0.844. The summed E-state index contributed by atoms with van der Waals surface area (Å²) >= 11 is 0. The van der Waals surface area contributed by atoms with Crippen LogP contribution in [0.2, 0.25) is 0 Å². The zero-order valence-electron chi connectivity index (χ0n) is 8.43. The van der Waals surface area contributed by atoms with E-state index in [-0.39, 0.29) is 17.0 Å². The standard InChI is InChI=1S/C10H12N2O3/c1-15-6-2-5-12-9(13)4-3-8(7-11)10(12)14/h3-4,14H,2,5-6H2,1H3. The zero-order valence-corrected chi connectivity index (χ0v) is 8.43. The maximum atomic E-state index is 11.4. The molecule has 0 fully saturated rings. The van der Waals surface area contributed by atoms with E-state index >= 15 is 0 Å². The van der Waals surface area contributed by atoms with Crippen LogP contribution in [0.1, 0.15) is 12.0 Å². The molecule has 1 heterocycles. The molecule has 0 radical (unpaired) electrons. The van der Waals surface area contributed by atoms with Gasteiger partial charge in [0.2, 0.25) is 5.88 Å². The maximum absolute atomic E-state index is 11.4. The summed E-state index contributed by atoms with van der Waals surface area (Å²) in [6, 6.07) is 4.39. The lowest BCUT2D eigenvalue weighted by atomic mass is 10.3. The first-order valence-corrected chi connectivity index (χ1v) is 4.52. The van der Waals surface area contributed by atoms with Crippen molar-refractivity contribution in [3.05, 3.63) is 28.0 Å². The lowest BCUT2D eigenvalue weighted by Gasteiger charge is -2.08. The van der Waals surface area contributed by atoms with Crippen LogP contribution in [0, 0.1) is 11.3 Å². The molecule has 0 aliphatic carbocycles. The predicted octanol–water partition coefficient (Wildman–Crippen LogP) is 0.462. The van der Waals surface area contributed by atoms with Gasteiger partial charge in [-0.25, -0.2) is 0 Å². The van der Waals surface area contributed by atoms with E-state index in [1.165, 1.54) is 12.1 Å². The monoisotopic (exact) mass is 208 g/mol. The van der Waals surface area contributed by atoms with Gasteiger partial charge < -0.3 is 9.84 Å². The molecule has 0 saturated heterocycles. The van der Waals surface area contributed by atoms with E-state index in [0.717, 1.165) is 4.57 Å². The summed E-state index contributed by atoms with van der Waals surface area (Å²) < 4.78 is 6.00. The fourth-order valence-electron chi connectivity index (χ4n) is 1.24. The van der Waals surface area contributed by atoms with Crippen molar-refractivity contribution < 1.29 is 9.84 Å². The molecule has 0 atom stereocenters. The van der Waals surface area contributed by atoms with Crippen molar-refractivity contribution in [1.29, 1.82) is 5.26 Å². The second kappa shape index (κ2) is 5.17. The highest BCUT2D eigenvalue weighted by atomic mass is 16.5. The summed E-state index contributed by atoms with van der Waals surface area (Å²) in [6.07, 6.45) is 0.610. The number of nitrogens with zero attached hydrogens (tertiary/aromatic N) is 2. The van der Waals surface area contributed by atoms with Gasteiger partial charge in [-0.2, -0.15) is 5.26 Å². The van der Waals surface area contributed by atoms with Crippen LogP contribution in [0.15, 0.2) is 16.9 Å². The fourth-order valence-corrected chi connectivity index (χ4v) is 1.24. The highest BCUT2D eigenvalue weighted by molar-refractivity contribution is 5.37. The molecule has 80 valence electrons. The number of nitriles is 1. The van der Waals surface area contributed by atoms with Crippen LogP contribution in [0.4, 0.5) is 0 Å². The van der Waals surface area contributed by atoms with Crippen molar-refractivity contribution in [2.24, 2.45) is 0 Å². The first-order valence-electron chi connectivity index (χ1n) is 4.52. The molecule has 0 amide bonds. The average molecular weight is 208 g/mol. The molecule has 1 N–H and O–H groups in total. The number of ether oxygens (including phenoxy) is 1. The van der Waals surface area contributed by atoms with Gasteiger partial charge in [0.05, 0.1) is 0 Å². The Kier molecular flexibility index (Phi) is 3.89. The van der Waals surface area contributed by atoms with E-state index in [9.17, 15) is 9.90 Å². The summed E-state index contributed by atoms with van der Waals surface area (Å²) in [7, 11) is 1.56. The summed E-state index contributed by atoms with van der Waals surface area (Å²) in [5, 5.41) is 18.2. The number of hydrogen-bond donors (Lipinski definition) is 1. The van der Waals surface area contributed by atoms with Crippen LogP contribution in [0.25, 0.3) is 0 Å². The molecule has 1 rings (SSSR count). The second-order valence-electron chi connectivity index (χ2n) is 3.02. The third-order valence-electron chi connectivity index (χ3n) is 2.01. The van der Waals surface area contributed by atoms with E-state index in [1.807, 2.05) is 6.07 Å². The number of pyridine rings is 1. The van der Waals surface area contributed by atoms with Crippen LogP contribution in [-0.4, -0.2) is 23.4 Å². The third-order valence-corrected chi connectivity index (χ3v) is 2.01. The largest absolute Gasteiger partial charge is 0.493 e. The molecule has 0 aromatic carbocycles. The van der Waals surface area contributed by atoms with Crippen molar-refractivity contribution in [2.45, 2.75) is 13.0 Å². The van der Waals surface area contributed by atoms with Crippen molar-refractivity contribution in [3.8, 4) is 11.9 Å². The number of aromatic nitrogens is 1. The Morgan fingerprint density at radius 2 is 2.33 bits per heavy atom. The first-order chi connectivity index (χ1) is 7.20. The predicted molar refractivity (Wildman–Crippen MR) is 53.6 cm³/mol. The molecular formula is C10H12N2O3. The third kappa shape index (κ3) is 2.58. The maximum Gasteiger partial charge on any atom is 0.253 e. The van der Waals surface area contributed by atoms with E-state index in [1.54, 1.807) is 7.11 Å². The number of methoxy groups -OCH3 is 1. The molecule has 0 unspecified atom stereocenters. The van der Waals surface area contributed by atoms with Crippen LogP contribution in [-0.2, 0) is 11.3 Å². The summed E-state index contributed by atoms with van der Waals surface area (Å²) in [4.78, 5) is 11.4. The Bertz CT molecular complexity index is 431. The lowest BCUT2D eigenvalue weighted by Crippen LogP contribution is -2.20. The molecule has 0 bridgehead atoms. The van der Waals surface area contributed by atoms with Gasteiger partial charge in [-0.05, 0) is 12.5 Å². The van der Waals surface area contributed by atoms with Gasteiger partial charge in [-0.3, -0.25) is 9.36 Å². The quantitative estimate of drug-likeness (QED) is 0.729. The molecule has 0 aliphatic rings. The molecule has 1 aromatic heterocycles. The van der Waals surface area contributed by atoms with E-state index in [0.29, 0.717) is 19.6 Å². The van der Waals surface area contributed by atoms with Crippen molar-refractivity contribution >= 4 is 0 Å². The SMILES string of the molecule is COCCCn1c(O)c(C#N)ccc1=O. The summed E-state index contributed by atoms with van der Waals surface area (Å²) in [5.41, 5.74) is -0.213. The van der Waals surface area contributed by atoms with Gasteiger partial charge in [-0.1, -0.05) is 0 Å². The minimum Gasteiger partial charge on any atom is -0.493 e. The van der Waals surface area contributed by atoms with Gasteiger partial charge in [0.25, 0.3) is 5.56 Å². The number of hydrogen-bond acceptors (Lipinski definition) is 4. The highest BCUT2D eigenvalue weighted by Crippen LogP contribution is 2.12. The number of aromatic hydroxyl groups is 1. The molecule has 0 aliphatic heterocycles. The van der Waals surface area contributed by atoms with E-state index in [2.05, 4.69) is 0 Å². The van der Waals surface area contributed by atoms with Gasteiger partial charge in [0.1, 0.15) is 11.6 Å². The lowest BCUT2D eigenvalue weighted by molar-refractivity contribution is 0.188. The molecule has 0 saturated carbocycles. The van der Waals surface area contributed by atoms with Crippen LogP contribution in [0.3, 0.4) is 0 Å². The molecule has 15 heavy (non-hydrogen) atoms. The van der Waals surface area contributed by atoms with Crippen LogP contribution >= 0.6 is 0 Å². The number of rotatable bonds is 4. The van der Waals surface area contributed by atoms with Gasteiger partial charge in [0.15, 0.2) is 0 Å². The molecule has 5 heteroatoms. The van der Waals surface area contributed by atoms with Crippen molar-refractivity contribution in [1.82, 2.24) is 4.57 Å². The Morgan fingerprint density at radius 1 is 1.60 bits per heavy atom. The normalized spacial score (nSPS) is 9.87. The Balaban J connectivity index is 2.96.